The topological polar surface area (TPSA) is 26.3 Å². The zero-order valence-corrected chi connectivity index (χ0v) is 16.8. The second-order valence-electron chi connectivity index (χ2n) is 10.8. The van der Waals surface area contributed by atoms with Gasteiger partial charge in [-0.25, -0.2) is 0 Å². The van der Waals surface area contributed by atoms with Crippen molar-refractivity contribution >= 4 is 5.78 Å². The molecule has 0 aromatic rings. The normalized spacial score (nSPS) is 32.5. The Labute approximate surface area is 143 Å². The van der Waals surface area contributed by atoms with Crippen molar-refractivity contribution in [3.63, 3.8) is 0 Å². The molecule has 2 rings (SSSR count). The Morgan fingerprint density at radius 2 is 1.00 bits per heavy atom. The van der Waals surface area contributed by atoms with E-state index >= 15 is 0 Å². The molecule has 0 aromatic carbocycles. The quantitative estimate of drug-likeness (QED) is 0.648. The monoisotopic (exact) mass is 320 g/mol. The van der Waals surface area contributed by atoms with Crippen LogP contribution in [0.2, 0.25) is 0 Å². The van der Waals surface area contributed by atoms with Crippen molar-refractivity contribution in [3.05, 3.63) is 12.2 Å². The van der Waals surface area contributed by atoms with Crippen LogP contribution in [0.5, 0.6) is 0 Å². The number of hydrogen-bond donors (Lipinski definition) is 0. The summed E-state index contributed by atoms with van der Waals surface area (Å²) >= 11 is 0. The molecule has 4 atom stereocenters. The van der Waals surface area contributed by atoms with E-state index in [4.69, 9.17) is 4.74 Å². The van der Waals surface area contributed by atoms with E-state index in [0.717, 1.165) is 0 Å². The molecule has 1 saturated heterocycles. The largest absolute Gasteiger partial charge is 0.365 e. The summed E-state index contributed by atoms with van der Waals surface area (Å²) in [7, 11) is 0. The van der Waals surface area contributed by atoms with Gasteiger partial charge in [-0.15, -0.1) is 0 Å². The van der Waals surface area contributed by atoms with Gasteiger partial charge in [-0.2, -0.15) is 0 Å². The van der Waals surface area contributed by atoms with Gasteiger partial charge < -0.3 is 4.74 Å². The van der Waals surface area contributed by atoms with Gasteiger partial charge in [0.25, 0.3) is 0 Å². The van der Waals surface area contributed by atoms with Crippen molar-refractivity contribution in [1.82, 2.24) is 0 Å². The Bertz CT molecular complexity index is 467. The minimum atomic E-state index is -0.124. The van der Waals surface area contributed by atoms with E-state index in [1.54, 1.807) is 0 Å². The Morgan fingerprint density at radius 1 is 0.696 bits per heavy atom. The smallest absolute Gasteiger partial charge is 0.146 e. The summed E-state index contributed by atoms with van der Waals surface area (Å²) in [6.07, 6.45) is 4.15. The van der Waals surface area contributed by atoms with E-state index in [9.17, 15) is 4.79 Å². The lowest BCUT2D eigenvalue weighted by Crippen LogP contribution is -2.58. The average molecular weight is 321 g/mol. The molecule has 0 unspecified atom stereocenters. The maximum absolute atomic E-state index is 13.7. The average Bonchev–Trinajstić information content (AvgIpc) is 2.69. The molecule has 0 amide bonds. The molecular formula is C21H36O2. The molecule has 2 aliphatic rings. The zero-order valence-electron chi connectivity index (χ0n) is 16.8. The highest BCUT2D eigenvalue weighted by molar-refractivity contribution is 5.88. The summed E-state index contributed by atoms with van der Waals surface area (Å²) in [6.45, 7) is 22.3. The van der Waals surface area contributed by atoms with Crippen molar-refractivity contribution in [1.29, 1.82) is 0 Å². The lowest BCUT2D eigenvalue weighted by atomic mass is 9.53. The molecule has 2 bridgehead atoms. The van der Waals surface area contributed by atoms with Gasteiger partial charge in [-0.05, 0) is 21.7 Å². The van der Waals surface area contributed by atoms with Crippen LogP contribution in [0.25, 0.3) is 0 Å². The molecule has 2 heterocycles. The second kappa shape index (κ2) is 5.18. The second-order valence-corrected chi connectivity index (χ2v) is 10.8. The maximum Gasteiger partial charge on any atom is 0.146 e. The van der Waals surface area contributed by atoms with E-state index in [1.165, 1.54) is 0 Å². The molecule has 1 fully saturated rings. The SMILES string of the molecule is CC(C)(C)C(C)(C)[C@@H]1C(=O)[C@H](C(C)(C)C(C)(C)C)[C@H]2C=C[C@@H]1O2. The minimum absolute atomic E-state index is 0.0381. The van der Waals surface area contributed by atoms with Crippen LogP contribution >= 0.6 is 0 Å². The van der Waals surface area contributed by atoms with E-state index in [1.807, 2.05) is 0 Å². The minimum Gasteiger partial charge on any atom is -0.365 e. The molecule has 23 heavy (non-hydrogen) atoms. The molecule has 0 radical (unpaired) electrons. The standard InChI is InChI=1S/C21H36O2/c1-18(2,3)20(7,8)15-13-11-12-14(23-13)16(17(15)22)21(9,10)19(4,5)6/h11-16H,1-10H3/t13-,14+,15-,16+. The van der Waals surface area contributed by atoms with E-state index in [-0.39, 0.29) is 45.7 Å². The van der Waals surface area contributed by atoms with Crippen LogP contribution < -0.4 is 0 Å². The summed E-state index contributed by atoms with van der Waals surface area (Å²) in [5, 5.41) is 0. The lowest BCUT2D eigenvalue weighted by molar-refractivity contribution is -0.175. The van der Waals surface area contributed by atoms with Gasteiger partial charge in [0, 0.05) is 0 Å². The number of carbonyl (C=O) groups is 1. The number of ether oxygens (including phenoxy) is 1. The molecule has 132 valence electrons. The molecule has 2 nitrogen and oxygen atoms in total. The van der Waals surface area contributed by atoms with Crippen molar-refractivity contribution in [2.45, 2.75) is 81.4 Å². The maximum atomic E-state index is 13.7. The first-order valence-electron chi connectivity index (χ1n) is 9.00. The van der Waals surface area contributed by atoms with Crippen LogP contribution in [0.1, 0.15) is 69.2 Å². The van der Waals surface area contributed by atoms with Crippen molar-refractivity contribution in [2.75, 3.05) is 0 Å². The first kappa shape index (κ1) is 18.7. The Hall–Kier alpha value is -0.630. The predicted molar refractivity (Wildman–Crippen MR) is 96.3 cm³/mol. The number of ketones is 1. The fraction of sp³-hybridized carbons (Fsp3) is 0.857. The highest BCUT2D eigenvalue weighted by Gasteiger charge is 2.59. The molecule has 0 spiro atoms. The van der Waals surface area contributed by atoms with E-state index in [2.05, 4.69) is 81.4 Å². The first-order chi connectivity index (χ1) is 10.1. The van der Waals surface area contributed by atoms with E-state index < -0.39 is 0 Å². The number of Topliss-reactive ketones (excluding diaryl/α,β-unsaturated/α-hetero) is 1. The Balaban J connectivity index is 2.50. The molecule has 2 heteroatoms. The van der Waals surface area contributed by atoms with Gasteiger partial charge in [0.2, 0.25) is 0 Å². The van der Waals surface area contributed by atoms with Crippen LogP contribution in [0.3, 0.4) is 0 Å². The third-order valence-electron chi connectivity index (χ3n) is 7.50. The van der Waals surface area contributed by atoms with Crippen LogP contribution in [0.15, 0.2) is 12.2 Å². The summed E-state index contributed by atoms with van der Waals surface area (Å²) in [6, 6.07) is 0. The Kier molecular flexibility index (Phi) is 4.21. The number of carbonyl (C=O) groups excluding carboxylic acids is 1. The van der Waals surface area contributed by atoms with Gasteiger partial charge in [0.15, 0.2) is 0 Å². The third-order valence-corrected chi connectivity index (χ3v) is 7.50. The molecule has 0 aliphatic carbocycles. The third kappa shape index (κ3) is 2.71. The van der Waals surface area contributed by atoms with Crippen molar-refractivity contribution in [3.8, 4) is 0 Å². The highest BCUT2D eigenvalue weighted by atomic mass is 16.5. The molecule has 0 N–H and O–H groups in total. The molecule has 2 aliphatic heterocycles. The lowest BCUT2D eigenvalue weighted by Gasteiger charge is -2.54. The summed E-state index contributed by atoms with van der Waals surface area (Å²) in [5.74, 6) is 0.240. The van der Waals surface area contributed by atoms with Crippen molar-refractivity contribution in [2.24, 2.45) is 33.5 Å². The van der Waals surface area contributed by atoms with Crippen LogP contribution in [-0.2, 0) is 9.53 Å². The fourth-order valence-electron chi connectivity index (χ4n) is 3.85. The molecule has 0 saturated carbocycles. The fourth-order valence-corrected chi connectivity index (χ4v) is 3.85. The van der Waals surface area contributed by atoms with E-state index in [0.29, 0.717) is 5.78 Å². The van der Waals surface area contributed by atoms with Gasteiger partial charge in [0.05, 0.1) is 24.0 Å². The summed E-state index contributed by atoms with van der Waals surface area (Å²) in [4.78, 5) is 13.7. The predicted octanol–water partition coefficient (Wildman–Crippen LogP) is 5.27. The first-order valence-corrected chi connectivity index (χ1v) is 9.00. The van der Waals surface area contributed by atoms with Gasteiger partial charge >= 0.3 is 0 Å². The molecule has 0 aromatic heterocycles. The zero-order chi connectivity index (χ0) is 18.0. The summed E-state index contributed by atoms with van der Waals surface area (Å²) in [5.41, 5.74) is -0.173. The van der Waals surface area contributed by atoms with Gasteiger partial charge in [-0.1, -0.05) is 81.4 Å². The number of hydrogen-bond acceptors (Lipinski definition) is 2. The summed E-state index contributed by atoms with van der Waals surface area (Å²) < 4.78 is 6.32. The van der Waals surface area contributed by atoms with Crippen LogP contribution in [0.4, 0.5) is 0 Å². The molecular weight excluding hydrogens is 284 g/mol. The van der Waals surface area contributed by atoms with Crippen LogP contribution in [-0.4, -0.2) is 18.0 Å². The van der Waals surface area contributed by atoms with Crippen LogP contribution in [0, 0.1) is 33.5 Å². The van der Waals surface area contributed by atoms with Gasteiger partial charge in [0.1, 0.15) is 5.78 Å². The van der Waals surface area contributed by atoms with Crippen molar-refractivity contribution < 1.29 is 9.53 Å². The number of fused-ring (bicyclic) bond motifs is 2. The van der Waals surface area contributed by atoms with Gasteiger partial charge in [-0.3, -0.25) is 4.79 Å². The Morgan fingerprint density at radius 3 is 1.26 bits per heavy atom. The highest BCUT2D eigenvalue weighted by Crippen LogP contribution is 2.56. The number of rotatable bonds is 2.